The predicted molar refractivity (Wildman–Crippen MR) is 70.3 cm³/mol. The summed E-state index contributed by atoms with van der Waals surface area (Å²) >= 11 is 3.27. The van der Waals surface area contributed by atoms with Gasteiger partial charge in [0.15, 0.2) is 10.4 Å². The summed E-state index contributed by atoms with van der Waals surface area (Å²) in [6.45, 7) is 0. The molecule has 3 rings (SSSR count). The van der Waals surface area contributed by atoms with Crippen molar-refractivity contribution in [3.05, 3.63) is 46.2 Å². The first kappa shape index (κ1) is 11.6. The highest BCUT2D eigenvalue weighted by Gasteiger charge is 2.45. The van der Waals surface area contributed by atoms with Crippen molar-refractivity contribution >= 4 is 21.7 Å². The summed E-state index contributed by atoms with van der Waals surface area (Å²) in [4.78, 5) is 12.4. The molecule has 1 saturated carbocycles. The number of rotatable bonds is 3. The third-order valence-corrected chi connectivity index (χ3v) is 3.91. The molecule has 1 aromatic carbocycles. The fraction of sp³-hybridized carbons (Fsp3) is 0.308. The Labute approximate surface area is 113 Å². The molecule has 0 radical (unpaired) electrons. The molecule has 1 heterocycles. The van der Waals surface area contributed by atoms with Gasteiger partial charge < -0.3 is 0 Å². The SMILES string of the molecule is Cn1nnc(Br)c1C(=O)C1CC1c1ccccc1. The molecule has 1 fully saturated rings. The zero-order valence-electron chi connectivity index (χ0n) is 9.88. The highest BCUT2D eigenvalue weighted by molar-refractivity contribution is 9.10. The van der Waals surface area contributed by atoms with Gasteiger partial charge in [-0.3, -0.25) is 4.79 Å². The average molecular weight is 306 g/mol. The van der Waals surface area contributed by atoms with Crippen LogP contribution in [0.1, 0.15) is 28.4 Å². The van der Waals surface area contributed by atoms with Gasteiger partial charge >= 0.3 is 0 Å². The number of nitrogens with zero attached hydrogens (tertiary/aromatic N) is 3. The molecule has 0 amide bonds. The van der Waals surface area contributed by atoms with Crippen LogP contribution < -0.4 is 0 Å². The summed E-state index contributed by atoms with van der Waals surface area (Å²) in [6, 6.07) is 10.2. The van der Waals surface area contributed by atoms with Crippen LogP contribution in [0, 0.1) is 5.92 Å². The monoisotopic (exact) mass is 305 g/mol. The van der Waals surface area contributed by atoms with Crippen LogP contribution in [0.3, 0.4) is 0 Å². The second kappa shape index (κ2) is 4.31. The summed E-state index contributed by atoms with van der Waals surface area (Å²) in [5.74, 6) is 0.546. The van der Waals surface area contributed by atoms with Gasteiger partial charge in [0.25, 0.3) is 0 Å². The standard InChI is InChI=1S/C13H12BrN3O/c1-17-11(13(14)15-16-17)12(18)10-7-9(10)8-5-3-2-4-6-8/h2-6,9-10H,7H2,1H3. The number of Topliss-reactive ketones (excluding diaryl/α,β-unsaturated/α-hetero) is 1. The Balaban J connectivity index is 1.81. The Kier molecular flexibility index (Phi) is 2.78. The minimum atomic E-state index is 0.0703. The van der Waals surface area contributed by atoms with Crippen LogP contribution in [0.5, 0.6) is 0 Å². The van der Waals surface area contributed by atoms with Crippen LogP contribution in [0.4, 0.5) is 0 Å². The predicted octanol–water partition coefficient (Wildman–Crippen LogP) is 2.56. The Bertz CT molecular complexity index is 574. The molecule has 18 heavy (non-hydrogen) atoms. The topological polar surface area (TPSA) is 47.8 Å². The summed E-state index contributed by atoms with van der Waals surface area (Å²) in [7, 11) is 1.74. The lowest BCUT2D eigenvalue weighted by atomic mass is 10.1. The zero-order valence-corrected chi connectivity index (χ0v) is 11.5. The first-order valence-corrected chi connectivity index (χ1v) is 6.62. The molecule has 0 spiro atoms. The number of carbonyl (C=O) groups excluding carboxylic acids is 1. The summed E-state index contributed by atoms with van der Waals surface area (Å²) in [5.41, 5.74) is 1.81. The molecule has 92 valence electrons. The normalized spacial score (nSPS) is 21.9. The second-order valence-corrected chi connectivity index (χ2v) is 5.33. The maximum atomic E-state index is 12.4. The maximum absolute atomic E-state index is 12.4. The van der Waals surface area contributed by atoms with E-state index < -0.39 is 0 Å². The van der Waals surface area contributed by atoms with Crippen molar-refractivity contribution in [2.24, 2.45) is 13.0 Å². The highest BCUT2D eigenvalue weighted by atomic mass is 79.9. The van der Waals surface area contributed by atoms with Gasteiger partial charge in [-0.1, -0.05) is 35.5 Å². The number of aryl methyl sites for hydroxylation is 1. The number of aromatic nitrogens is 3. The molecule has 0 N–H and O–H groups in total. The molecule has 1 aliphatic rings. The van der Waals surface area contributed by atoms with Crippen molar-refractivity contribution in [3.8, 4) is 0 Å². The largest absolute Gasteiger partial charge is 0.292 e. The van der Waals surface area contributed by atoms with Gasteiger partial charge in [-0.25, -0.2) is 4.68 Å². The van der Waals surface area contributed by atoms with E-state index in [0.29, 0.717) is 16.2 Å². The van der Waals surface area contributed by atoms with Crippen LogP contribution in [-0.2, 0) is 7.05 Å². The fourth-order valence-corrected chi connectivity index (χ4v) is 2.85. The molecule has 2 atom stereocenters. The molecule has 2 unspecified atom stereocenters. The number of ketones is 1. The van der Waals surface area contributed by atoms with Gasteiger partial charge in [0.1, 0.15) is 5.69 Å². The zero-order chi connectivity index (χ0) is 12.7. The van der Waals surface area contributed by atoms with Crippen molar-refractivity contribution < 1.29 is 4.79 Å². The molecule has 5 heteroatoms. The molecule has 1 aromatic heterocycles. The van der Waals surface area contributed by atoms with Gasteiger partial charge in [-0.2, -0.15) is 0 Å². The van der Waals surface area contributed by atoms with Crippen molar-refractivity contribution in [3.63, 3.8) is 0 Å². The molecule has 0 saturated heterocycles. The van der Waals surface area contributed by atoms with Crippen LogP contribution in [0.15, 0.2) is 34.9 Å². The van der Waals surface area contributed by atoms with Gasteiger partial charge in [0.05, 0.1) is 0 Å². The van der Waals surface area contributed by atoms with Crippen LogP contribution in [-0.4, -0.2) is 20.8 Å². The Hall–Kier alpha value is -1.49. The Morgan fingerprint density at radius 1 is 1.39 bits per heavy atom. The molecule has 0 aliphatic heterocycles. The van der Waals surface area contributed by atoms with E-state index in [4.69, 9.17) is 0 Å². The van der Waals surface area contributed by atoms with Crippen molar-refractivity contribution in [2.75, 3.05) is 0 Å². The van der Waals surface area contributed by atoms with Gasteiger partial charge in [-0.05, 0) is 33.8 Å². The Morgan fingerprint density at radius 3 is 2.72 bits per heavy atom. The van der Waals surface area contributed by atoms with E-state index in [1.165, 1.54) is 10.2 Å². The van der Waals surface area contributed by atoms with E-state index in [-0.39, 0.29) is 11.7 Å². The number of benzene rings is 1. The number of carbonyl (C=O) groups is 1. The Morgan fingerprint density at radius 2 is 2.11 bits per heavy atom. The highest BCUT2D eigenvalue weighted by Crippen LogP contribution is 2.49. The van der Waals surface area contributed by atoms with E-state index in [1.54, 1.807) is 7.05 Å². The number of hydrogen-bond acceptors (Lipinski definition) is 3. The first-order chi connectivity index (χ1) is 8.68. The molecule has 0 bridgehead atoms. The lowest BCUT2D eigenvalue weighted by molar-refractivity contribution is 0.0955. The average Bonchev–Trinajstić information content (AvgIpc) is 3.11. The van der Waals surface area contributed by atoms with Crippen molar-refractivity contribution in [1.29, 1.82) is 0 Å². The smallest absolute Gasteiger partial charge is 0.187 e. The molecule has 4 nitrogen and oxygen atoms in total. The van der Waals surface area contributed by atoms with E-state index in [1.807, 2.05) is 18.2 Å². The van der Waals surface area contributed by atoms with Crippen LogP contribution >= 0.6 is 15.9 Å². The molecular formula is C13H12BrN3O. The van der Waals surface area contributed by atoms with Gasteiger partial charge in [0.2, 0.25) is 0 Å². The van der Waals surface area contributed by atoms with Crippen LogP contribution in [0.25, 0.3) is 0 Å². The minimum Gasteiger partial charge on any atom is -0.292 e. The minimum absolute atomic E-state index is 0.0703. The quantitative estimate of drug-likeness (QED) is 0.819. The van der Waals surface area contributed by atoms with Crippen molar-refractivity contribution in [1.82, 2.24) is 15.0 Å². The van der Waals surface area contributed by atoms with Gasteiger partial charge in [0, 0.05) is 13.0 Å². The van der Waals surface area contributed by atoms with E-state index in [2.05, 4.69) is 38.4 Å². The van der Waals surface area contributed by atoms with Crippen molar-refractivity contribution in [2.45, 2.75) is 12.3 Å². The van der Waals surface area contributed by atoms with E-state index in [0.717, 1.165) is 6.42 Å². The van der Waals surface area contributed by atoms with E-state index in [9.17, 15) is 4.79 Å². The molecule has 1 aliphatic carbocycles. The maximum Gasteiger partial charge on any atom is 0.187 e. The summed E-state index contributed by atoms with van der Waals surface area (Å²) < 4.78 is 2.07. The lowest BCUT2D eigenvalue weighted by Gasteiger charge is -2.01. The summed E-state index contributed by atoms with van der Waals surface area (Å²) in [6.07, 6.45) is 0.917. The number of hydrogen-bond donors (Lipinski definition) is 0. The van der Waals surface area contributed by atoms with E-state index >= 15 is 0 Å². The van der Waals surface area contributed by atoms with Crippen LogP contribution in [0.2, 0.25) is 0 Å². The second-order valence-electron chi connectivity index (χ2n) is 4.58. The molecule has 2 aromatic rings. The third kappa shape index (κ3) is 1.88. The first-order valence-electron chi connectivity index (χ1n) is 5.83. The molecular weight excluding hydrogens is 294 g/mol. The summed E-state index contributed by atoms with van der Waals surface area (Å²) in [5, 5.41) is 7.70. The number of halogens is 1. The fourth-order valence-electron chi connectivity index (χ4n) is 2.32. The van der Waals surface area contributed by atoms with Gasteiger partial charge in [-0.15, -0.1) is 5.10 Å². The lowest BCUT2D eigenvalue weighted by Crippen LogP contribution is -2.10. The third-order valence-electron chi connectivity index (χ3n) is 3.37.